The Morgan fingerprint density at radius 2 is 2.11 bits per heavy atom. The van der Waals surface area contributed by atoms with Gasteiger partial charge in [0.25, 0.3) is 0 Å². The molecule has 0 atom stereocenters. The van der Waals surface area contributed by atoms with Gasteiger partial charge in [-0.25, -0.2) is 0 Å². The Bertz CT molecular complexity index is 336. The maximum atomic E-state index is 5.42. The molecule has 0 aromatic carbocycles. The number of nitrogens with zero attached hydrogens (tertiary/aromatic N) is 2. The number of hydrogen-bond acceptors (Lipinski definition) is 4. The fourth-order valence-corrected chi connectivity index (χ4v) is 2.05. The molecule has 0 fully saturated rings. The van der Waals surface area contributed by atoms with Crippen LogP contribution in [-0.2, 0) is 13.1 Å². The summed E-state index contributed by atoms with van der Waals surface area (Å²) in [4.78, 5) is 2.45. The van der Waals surface area contributed by atoms with Crippen molar-refractivity contribution in [3.05, 3.63) is 17.5 Å². The van der Waals surface area contributed by atoms with Gasteiger partial charge in [-0.1, -0.05) is 31.8 Å². The lowest BCUT2D eigenvalue weighted by atomic mass is 10.2. The van der Waals surface area contributed by atoms with E-state index in [2.05, 4.69) is 49.1 Å². The van der Waals surface area contributed by atoms with Gasteiger partial charge in [-0.3, -0.25) is 4.90 Å². The normalized spacial score (nSPS) is 11.7. The SMILES string of the molecule is CCCCCN(Cc1cc(CNCC)no1)C(C)C. The highest BCUT2D eigenvalue weighted by molar-refractivity contribution is 5.05. The highest BCUT2D eigenvalue weighted by atomic mass is 16.5. The molecule has 0 unspecified atom stereocenters. The van der Waals surface area contributed by atoms with E-state index in [1.165, 1.54) is 19.3 Å². The van der Waals surface area contributed by atoms with Gasteiger partial charge in [0.2, 0.25) is 0 Å². The first-order chi connectivity index (χ1) is 9.17. The maximum Gasteiger partial charge on any atom is 0.151 e. The molecule has 0 radical (unpaired) electrons. The van der Waals surface area contributed by atoms with E-state index in [0.717, 1.165) is 37.6 Å². The first kappa shape index (κ1) is 16.2. The van der Waals surface area contributed by atoms with Gasteiger partial charge in [0.15, 0.2) is 5.76 Å². The third-order valence-corrected chi connectivity index (χ3v) is 3.30. The smallest absolute Gasteiger partial charge is 0.151 e. The van der Waals surface area contributed by atoms with Crippen molar-refractivity contribution in [2.75, 3.05) is 13.1 Å². The fraction of sp³-hybridized carbons (Fsp3) is 0.800. The van der Waals surface area contributed by atoms with E-state index in [1.807, 2.05) is 0 Å². The van der Waals surface area contributed by atoms with Crippen LogP contribution in [0.2, 0.25) is 0 Å². The second-order valence-electron chi connectivity index (χ2n) is 5.34. The van der Waals surface area contributed by atoms with Crippen molar-refractivity contribution in [2.24, 2.45) is 0 Å². The highest BCUT2D eigenvalue weighted by Gasteiger charge is 2.13. The first-order valence-corrected chi connectivity index (χ1v) is 7.56. The van der Waals surface area contributed by atoms with Crippen LogP contribution in [0.4, 0.5) is 0 Å². The van der Waals surface area contributed by atoms with E-state index >= 15 is 0 Å². The molecule has 110 valence electrons. The Morgan fingerprint density at radius 3 is 2.74 bits per heavy atom. The van der Waals surface area contributed by atoms with E-state index in [1.54, 1.807) is 0 Å². The molecular weight excluding hydrogens is 238 g/mol. The van der Waals surface area contributed by atoms with Gasteiger partial charge in [0.05, 0.1) is 12.2 Å². The predicted molar refractivity (Wildman–Crippen MR) is 79.0 cm³/mol. The number of aromatic nitrogens is 1. The minimum atomic E-state index is 0.541. The Labute approximate surface area is 117 Å². The van der Waals surface area contributed by atoms with Crippen LogP contribution in [0.25, 0.3) is 0 Å². The summed E-state index contributed by atoms with van der Waals surface area (Å²) in [6, 6.07) is 2.61. The van der Waals surface area contributed by atoms with Crippen molar-refractivity contribution in [1.29, 1.82) is 0 Å². The molecule has 0 aliphatic heterocycles. The lowest BCUT2D eigenvalue weighted by molar-refractivity contribution is 0.185. The Hall–Kier alpha value is -0.870. The number of unbranched alkanes of at least 4 members (excludes halogenated alkanes) is 2. The van der Waals surface area contributed by atoms with Crippen LogP contribution in [0.3, 0.4) is 0 Å². The maximum absolute atomic E-state index is 5.42. The van der Waals surface area contributed by atoms with Gasteiger partial charge in [-0.15, -0.1) is 0 Å². The molecule has 19 heavy (non-hydrogen) atoms. The van der Waals surface area contributed by atoms with Crippen molar-refractivity contribution >= 4 is 0 Å². The summed E-state index contributed by atoms with van der Waals surface area (Å²) in [6.07, 6.45) is 3.82. The van der Waals surface area contributed by atoms with E-state index in [-0.39, 0.29) is 0 Å². The van der Waals surface area contributed by atoms with Crippen LogP contribution in [0, 0.1) is 0 Å². The second kappa shape index (κ2) is 9.10. The molecule has 4 heteroatoms. The fourth-order valence-electron chi connectivity index (χ4n) is 2.05. The molecule has 0 saturated carbocycles. The molecule has 4 nitrogen and oxygen atoms in total. The molecule has 1 aromatic rings. The van der Waals surface area contributed by atoms with Crippen molar-refractivity contribution in [3.63, 3.8) is 0 Å². The monoisotopic (exact) mass is 267 g/mol. The summed E-state index contributed by atoms with van der Waals surface area (Å²) in [7, 11) is 0. The second-order valence-corrected chi connectivity index (χ2v) is 5.34. The van der Waals surface area contributed by atoms with Crippen LogP contribution < -0.4 is 5.32 Å². The third kappa shape index (κ3) is 6.21. The van der Waals surface area contributed by atoms with Crippen molar-refractivity contribution < 1.29 is 4.52 Å². The average Bonchev–Trinajstić information content (AvgIpc) is 2.83. The van der Waals surface area contributed by atoms with E-state index < -0.39 is 0 Å². The molecule has 1 rings (SSSR count). The quantitative estimate of drug-likeness (QED) is 0.661. The highest BCUT2D eigenvalue weighted by Crippen LogP contribution is 2.11. The molecule has 0 saturated heterocycles. The van der Waals surface area contributed by atoms with Crippen molar-refractivity contribution in [1.82, 2.24) is 15.4 Å². The third-order valence-electron chi connectivity index (χ3n) is 3.30. The largest absolute Gasteiger partial charge is 0.360 e. The van der Waals surface area contributed by atoms with E-state index in [4.69, 9.17) is 4.52 Å². The van der Waals surface area contributed by atoms with Crippen LogP contribution in [0.1, 0.15) is 58.4 Å². The van der Waals surface area contributed by atoms with Gasteiger partial charge in [-0.05, 0) is 33.4 Å². The topological polar surface area (TPSA) is 41.3 Å². The Morgan fingerprint density at radius 1 is 1.32 bits per heavy atom. The van der Waals surface area contributed by atoms with Gasteiger partial charge in [0, 0.05) is 18.7 Å². The van der Waals surface area contributed by atoms with Crippen molar-refractivity contribution in [2.45, 2.75) is 66.1 Å². The zero-order valence-electron chi connectivity index (χ0n) is 12.9. The molecule has 0 spiro atoms. The van der Waals surface area contributed by atoms with Gasteiger partial charge >= 0.3 is 0 Å². The Kier molecular flexibility index (Phi) is 7.75. The minimum absolute atomic E-state index is 0.541. The molecule has 0 amide bonds. The summed E-state index contributed by atoms with van der Waals surface area (Å²) in [6.45, 7) is 12.5. The zero-order valence-corrected chi connectivity index (χ0v) is 12.9. The van der Waals surface area contributed by atoms with E-state index in [9.17, 15) is 0 Å². The van der Waals surface area contributed by atoms with Crippen molar-refractivity contribution in [3.8, 4) is 0 Å². The summed E-state index contributed by atoms with van der Waals surface area (Å²) in [5.41, 5.74) is 0.995. The molecule has 0 aliphatic carbocycles. The summed E-state index contributed by atoms with van der Waals surface area (Å²) >= 11 is 0. The average molecular weight is 267 g/mol. The van der Waals surface area contributed by atoms with E-state index in [0.29, 0.717) is 6.04 Å². The minimum Gasteiger partial charge on any atom is -0.360 e. The standard InChI is InChI=1S/C15H29N3O/c1-5-7-8-9-18(13(3)4)12-15-10-14(17-19-15)11-16-6-2/h10,13,16H,5-9,11-12H2,1-4H3. The van der Waals surface area contributed by atoms with Crippen LogP contribution >= 0.6 is 0 Å². The zero-order chi connectivity index (χ0) is 14.1. The van der Waals surface area contributed by atoms with Crippen LogP contribution in [0.15, 0.2) is 10.6 Å². The molecule has 1 heterocycles. The Balaban J connectivity index is 2.46. The first-order valence-electron chi connectivity index (χ1n) is 7.56. The number of rotatable bonds is 10. The van der Waals surface area contributed by atoms with Crippen LogP contribution in [-0.4, -0.2) is 29.2 Å². The molecule has 1 N–H and O–H groups in total. The number of hydrogen-bond donors (Lipinski definition) is 1. The lowest BCUT2D eigenvalue weighted by Gasteiger charge is -2.24. The molecule has 0 aliphatic rings. The molecule has 1 aromatic heterocycles. The predicted octanol–water partition coefficient (Wildman–Crippen LogP) is 3.18. The number of nitrogens with one attached hydrogen (secondary N) is 1. The summed E-state index contributed by atoms with van der Waals surface area (Å²) in [5.74, 6) is 0.970. The molecular formula is C15H29N3O. The lowest BCUT2D eigenvalue weighted by Crippen LogP contribution is -2.31. The summed E-state index contributed by atoms with van der Waals surface area (Å²) in [5, 5.41) is 7.36. The van der Waals surface area contributed by atoms with Gasteiger partial charge < -0.3 is 9.84 Å². The van der Waals surface area contributed by atoms with Gasteiger partial charge in [0.1, 0.15) is 0 Å². The van der Waals surface area contributed by atoms with Crippen LogP contribution in [0.5, 0.6) is 0 Å². The summed E-state index contributed by atoms with van der Waals surface area (Å²) < 4.78 is 5.42. The molecule has 0 bridgehead atoms. The van der Waals surface area contributed by atoms with Gasteiger partial charge in [-0.2, -0.15) is 0 Å².